The van der Waals surface area contributed by atoms with Gasteiger partial charge in [-0.2, -0.15) is 0 Å². The number of halogens is 1. The summed E-state index contributed by atoms with van der Waals surface area (Å²) in [6, 6.07) is 12.9. The lowest BCUT2D eigenvalue weighted by Crippen LogP contribution is -2.22. The third-order valence-electron chi connectivity index (χ3n) is 3.15. The molecular formula is C18H18ClNO2. The predicted octanol–water partition coefficient (Wildman–Crippen LogP) is 4.27. The fraction of sp³-hybridized carbons (Fsp3) is 0.167. The van der Waals surface area contributed by atoms with Crippen LogP contribution in [0.5, 0.6) is 5.75 Å². The number of carbonyl (C=O) groups excluding carboxylic acids is 1. The minimum atomic E-state index is -0.0914. The lowest BCUT2D eigenvalue weighted by atomic mass is 10.1. The molecule has 0 saturated heterocycles. The van der Waals surface area contributed by atoms with Gasteiger partial charge in [0, 0.05) is 22.7 Å². The molecule has 2 aromatic rings. The predicted molar refractivity (Wildman–Crippen MR) is 91.4 cm³/mol. The maximum absolute atomic E-state index is 11.9. The van der Waals surface area contributed by atoms with Crippen molar-refractivity contribution >= 4 is 29.7 Å². The summed E-state index contributed by atoms with van der Waals surface area (Å²) in [5.41, 5.74) is 2.48. The third-order valence-corrected chi connectivity index (χ3v) is 3.41. The zero-order valence-corrected chi connectivity index (χ0v) is 13.4. The molecule has 0 bridgehead atoms. The van der Waals surface area contributed by atoms with E-state index in [9.17, 15) is 4.79 Å². The summed E-state index contributed by atoms with van der Waals surface area (Å²) in [6.07, 6.45) is 3.88. The molecule has 0 aliphatic rings. The van der Waals surface area contributed by atoms with Crippen LogP contribution >= 0.6 is 11.6 Å². The second-order valence-electron chi connectivity index (χ2n) is 4.70. The van der Waals surface area contributed by atoms with Crippen LogP contribution in [-0.4, -0.2) is 19.6 Å². The number of hydrogen-bond acceptors (Lipinski definition) is 2. The fourth-order valence-corrected chi connectivity index (χ4v) is 2.15. The molecule has 0 heterocycles. The fourth-order valence-electron chi connectivity index (χ4n) is 2.03. The Kier molecular flexibility index (Phi) is 5.61. The van der Waals surface area contributed by atoms with Gasteiger partial charge >= 0.3 is 0 Å². The van der Waals surface area contributed by atoms with E-state index in [1.807, 2.05) is 49.4 Å². The molecule has 0 atom stereocenters. The van der Waals surface area contributed by atoms with Gasteiger partial charge in [0.15, 0.2) is 0 Å². The Morgan fingerprint density at radius 2 is 1.91 bits per heavy atom. The van der Waals surface area contributed by atoms with Crippen molar-refractivity contribution in [2.24, 2.45) is 0 Å². The molecule has 114 valence electrons. The lowest BCUT2D eigenvalue weighted by molar-refractivity contribution is 0.0956. The van der Waals surface area contributed by atoms with Gasteiger partial charge in [0.1, 0.15) is 5.75 Å². The summed E-state index contributed by atoms with van der Waals surface area (Å²) in [5, 5.41) is 3.49. The monoisotopic (exact) mass is 315 g/mol. The number of rotatable bonds is 5. The van der Waals surface area contributed by atoms with Crippen molar-refractivity contribution in [1.82, 2.24) is 5.32 Å². The highest BCUT2D eigenvalue weighted by Crippen LogP contribution is 2.23. The first-order valence-corrected chi connectivity index (χ1v) is 7.41. The highest BCUT2D eigenvalue weighted by atomic mass is 35.5. The molecule has 0 aromatic heterocycles. The summed E-state index contributed by atoms with van der Waals surface area (Å²) in [7, 11) is 1.61. The van der Waals surface area contributed by atoms with Crippen LogP contribution in [0.15, 0.2) is 42.5 Å². The number of carbonyl (C=O) groups is 1. The van der Waals surface area contributed by atoms with Crippen molar-refractivity contribution in [3.63, 3.8) is 0 Å². The van der Waals surface area contributed by atoms with Crippen molar-refractivity contribution < 1.29 is 9.53 Å². The molecule has 0 aliphatic carbocycles. The molecule has 0 radical (unpaired) electrons. The van der Waals surface area contributed by atoms with Gasteiger partial charge in [-0.05, 0) is 42.8 Å². The van der Waals surface area contributed by atoms with Crippen LogP contribution in [0.3, 0.4) is 0 Å². The minimum absolute atomic E-state index is 0.0914. The number of methoxy groups -OCH3 is 1. The van der Waals surface area contributed by atoms with Crippen LogP contribution in [0.4, 0.5) is 0 Å². The van der Waals surface area contributed by atoms with E-state index < -0.39 is 0 Å². The summed E-state index contributed by atoms with van der Waals surface area (Å²) in [4.78, 5) is 11.9. The molecule has 2 aromatic carbocycles. The summed E-state index contributed by atoms with van der Waals surface area (Å²) < 4.78 is 5.34. The van der Waals surface area contributed by atoms with Gasteiger partial charge in [-0.3, -0.25) is 4.79 Å². The topological polar surface area (TPSA) is 38.3 Å². The third kappa shape index (κ3) is 4.12. The number of benzene rings is 2. The van der Waals surface area contributed by atoms with E-state index in [0.717, 1.165) is 16.9 Å². The molecule has 4 heteroatoms. The first-order chi connectivity index (χ1) is 10.6. The van der Waals surface area contributed by atoms with Crippen molar-refractivity contribution in [1.29, 1.82) is 0 Å². The smallest absolute Gasteiger partial charge is 0.251 e. The highest BCUT2D eigenvalue weighted by Gasteiger charge is 2.07. The molecule has 2 rings (SSSR count). The van der Waals surface area contributed by atoms with Crippen LogP contribution in [-0.2, 0) is 0 Å². The van der Waals surface area contributed by atoms with Crippen molar-refractivity contribution in [3.8, 4) is 5.75 Å². The van der Waals surface area contributed by atoms with Crippen LogP contribution in [0.2, 0.25) is 5.02 Å². The number of ether oxygens (including phenoxy) is 1. The van der Waals surface area contributed by atoms with E-state index >= 15 is 0 Å². The largest absolute Gasteiger partial charge is 0.496 e. The maximum Gasteiger partial charge on any atom is 0.251 e. The van der Waals surface area contributed by atoms with Gasteiger partial charge in [-0.25, -0.2) is 0 Å². The van der Waals surface area contributed by atoms with E-state index in [4.69, 9.17) is 16.3 Å². The Bertz CT molecular complexity index is 678. The van der Waals surface area contributed by atoms with Crippen LogP contribution in [0.1, 0.15) is 28.4 Å². The van der Waals surface area contributed by atoms with Gasteiger partial charge < -0.3 is 10.1 Å². The van der Waals surface area contributed by atoms with Gasteiger partial charge in [0.25, 0.3) is 5.91 Å². The second kappa shape index (κ2) is 7.66. The molecule has 3 nitrogen and oxygen atoms in total. The van der Waals surface area contributed by atoms with E-state index in [0.29, 0.717) is 17.1 Å². The quantitative estimate of drug-likeness (QED) is 0.837. The Labute approximate surface area is 135 Å². The van der Waals surface area contributed by atoms with Crippen molar-refractivity contribution in [2.45, 2.75) is 6.92 Å². The minimum Gasteiger partial charge on any atom is -0.496 e. The number of amides is 1. The zero-order valence-electron chi connectivity index (χ0n) is 12.6. The molecule has 0 saturated carbocycles. The van der Waals surface area contributed by atoms with E-state index in [2.05, 4.69) is 5.32 Å². The van der Waals surface area contributed by atoms with Gasteiger partial charge in [-0.1, -0.05) is 35.9 Å². The molecule has 0 spiro atoms. The second-order valence-corrected chi connectivity index (χ2v) is 5.14. The maximum atomic E-state index is 11.9. The summed E-state index contributed by atoms with van der Waals surface area (Å²) in [5.74, 6) is 0.629. The lowest BCUT2D eigenvalue weighted by Gasteiger charge is -2.08. The first kappa shape index (κ1) is 16.1. The Morgan fingerprint density at radius 1 is 1.18 bits per heavy atom. The van der Waals surface area contributed by atoms with Crippen molar-refractivity contribution in [2.75, 3.05) is 13.7 Å². The van der Waals surface area contributed by atoms with Gasteiger partial charge in [0.05, 0.1) is 7.11 Å². The normalized spacial score (nSPS) is 10.7. The standard InChI is InChI=1S/C18H18ClNO2/c1-3-20-18(21)15-8-11-17(22-2)14(12-15)7-4-13-5-9-16(19)10-6-13/h4-12H,3H2,1-2H3,(H,20,21). The molecule has 1 N–H and O–H groups in total. The Balaban J connectivity index is 2.29. The molecule has 0 fully saturated rings. The first-order valence-electron chi connectivity index (χ1n) is 7.04. The van der Waals surface area contributed by atoms with E-state index in [1.165, 1.54) is 0 Å². The summed E-state index contributed by atoms with van der Waals surface area (Å²) in [6.45, 7) is 2.49. The number of hydrogen-bond donors (Lipinski definition) is 1. The van der Waals surface area contributed by atoms with Crippen molar-refractivity contribution in [3.05, 3.63) is 64.2 Å². The zero-order chi connectivity index (χ0) is 15.9. The van der Waals surface area contributed by atoms with Gasteiger partial charge in [0.2, 0.25) is 0 Å². The molecule has 0 unspecified atom stereocenters. The Hall–Kier alpha value is -2.26. The van der Waals surface area contributed by atoms with Crippen LogP contribution < -0.4 is 10.1 Å². The Morgan fingerprint density at radius 3 is 2.55 bits per heavy atom. The van der Waals surface area contributed by atoms with E-state index in [-0.39, 0.29) is 5.91 Å². The highest BCUT2D eigenvalue weighted by molar-refractivity contribution is 6.30. The average Bonchev–Trinajstić information content (AvgIpc) is 2.54. The molecule has 1 amide bonds. The summed E-state index contributed by atoms with van der Waals surface area (Å²) >= 11 is 5.87. The van der Waals surface area contributed by atoms with Crippen LogP contribution in [0, 0.1) is 0 Å². The van der Waals surface area contributed by atoms with E-state index in [1.54, 1.807) is 19.2 Å². The van der Waals surface area contributed by atoms with Crippen LogP contribution in [0.25, 0.3) is 12.2 Å². The average molecular weight is 316 g/mol. The molecule has 0 aliphatic heterocycles. The van der Waals surface area contributed by atoms with Gasteiger partial charge in [-0.15, -0.1) is 0 Å². The molecule has 22 heavy (non-hydrogen) atoms. The number of nitrogens with one attached hydrogen (secondary N) is 1. The SMILES string of the molecule is CCNC(=O)c1ccc(OC)c(C=Cc2ccc(Cl)cc2)c1. The molecular weight excluding hydrogens is 298 g/mol.